The molecule has 0 amide bonds. The number of nitrogens with one attached hydrogen (secondary N) is 2. The van der Waals surface area contributed by atoms with Gasteiger partial charge in [0, 0.05) is 74.5 Å². The first kappa shape index (κ1) is 179. The van der Waals surface area contributed by atoms with Gasteiger partial charge in [-0.05, 0) is 113 Å². The van der Waals surface area contributed by atoms with E-state index in [2.05, 4.69) is 265 Å². The van der Waals surface area contributed by atoms with Crippen molar-refractivity contribution in [2.75, 3.05) is 46.1 Å². The van der Waals surface area contributed by atoms with Crippen molar-refractivity contribution in [3.05, 3.63) is 190 Å². The molecule has 1 aliphatic heterocycles. The summed E-state index contributed by atoms with van der Waals surface area (Å²) in [6.07, 6.45) is 8.11. The zero-order valence-corrected chi connectivity index (χ0v) is 85.9. The van der Waals surface area contributed by atoms with Crippen LogP contribution in [-0.4, -0.2) is 215 Å². The Morgan fingerprint density at radius 1 is 0.562 bits per heavy atom. The van der Waals surface area contributed by atoms with Crippen molar-refractivity contribution in [1.29, 1.82) is 5.26 Å². The van der Waals surface area contributed by atoms with E-state index in [1.54, 1.807) is 78.8 Å². The average molecular weight is 2710 g/mol. The summed E-state index contributed by atoms with van der Waals surface area (Å²) in [6.45, 7) is 48.1. The van der Waals surface area contributed by atoms with E-state index in [0.29, 0.717) is 63.7 Å². The summed E-state index contributed by atoms with van der Waals surface area (Å²) >= 11 is 14.5. The number of ether oxygens (including phenoxy) is 1. The smallest absolute Gasteiger partial charge is 0.0487 e. The first-order valence-electron chi connectivity index (χ1n) is 32.7. The van der Waals surface area contributed by atoms with Gasteiger partial charge in [0.05, 0.1) is 24.5 Å². The van der Waals surface area contributed by atoms with E-state index in [4.69, 9.17) is 56.0 Å². The van der Waals surface area contributed by atoms with Crippen molar-refractivity contribution in [2.24, 2.45) is 16.7 Å². The topological polar surface area (TPSA) is 734 Å². The molecule has 6 heterocycles. The number of aryl methyl sites for hydroxylation is 6. The SMILES string of the molecule is C.C.C.C.C.C.C.C.C.CC#N.CC(C)N1CC([N+](=O)[O-])([N+](=O)[O-])C1.CCC(C)I.CCC(COC(C)C)(CO[N+](=O)[O-])CO[N+](=O)[O-].CCC(CO[N+](=O)[O-])(CO[N+](=O)[O-])CC(C)C.Cc1cc(C)[nH]n1.Cc1nnc(C)nn1.O=[N+]([O-])O.O=[N+]([O-])O.O=[N+]([O-])O.[CH2-]CC.[CH2-]CC.[CH2-]c1nnc(C)nn1.[CH2-]c1nnc(C)nn1.[Cu+2].[Cu].[I][V]([I])[I].[I][V][I].c1cn[nH]c1. The summed E-state index contributed by atoms with van der Waals surface area (Å²) in [4.78, 5) is 104. The van der Waals surface area contributed by atoms with E-state index in [1.165, 1.54) is 13.3 Å². The third-order valence-corrected chi connectivity index (χ3v) is 11.9. The quantitative estimate of drug-likeness (QED) is 0.00771. The summed E-state index contributed by atoms with van der Waals surface area (Å²) in [6, 6.07) is 5.70. The van der Waals surface area contributed by atoms with Gasteiger partial charge >= 0.3 is 137 Å². The molecule has 0 bridgehead atoms. The maximum absolute atomic E-state index is 10.5. The molecule has 5 aromatic rings. The minimum atomic E-state index is -1.95. The van der Waals surface area contributed by atoms with Gasteiger partial charge in [-0.2, -0.15) is 48.7 Å². The Balaban J connectivity index is -0.0000000479. The predicted octanol–water partition coefficient (Wildman–Crippen LogP) is 18.2. The Morgan fingerprint density at radius 3 is 0.938 bits per heavy atom. The van der Waals surface area contributed by atoms with Crippen molar-refractivity contribution in [3.63, 3.8) is 0 Å². The molecule has 0 aliphatic carbocycles. The predicted molar refractivity (Wildman–Crippen MR) is 522 cm³/mol. The van der Waals surface area contributed by atoms with Crippen LogP contribution in [0.3, 0.4) is 0 Å². The molecule has 0 spiro atoms. The van der Waals surface area contributed by atoms with Crippen LogP contribution in [0.5, 0.6) is 0 Å². The number of hydrogen-bond acceptors (Lipinski definition) is 39. The van der Waals surface area contributed by atoms with Crippen LogP contribution in [0.25, 0.3) is 0 Å². The Morgan fingerprint density at radius 2 is 0.805 bits per heavy atom. The van der Waals surface area contributed by atoms with Crippen LogP contribution in [0.15, 0.2) is 24.5 Å². The maximum Gasteiger partial charge on any atom is 0.0487 e. The standard InChI is InChI=1S/C9H18N2O7.C9H18N2O6.C6H11N3O4.C5H8N2.C4H9I.C4H6N4.2C4H5N4.C3H4N2.2C3H7.C2H3N.9CH4.2Cu.5HI.3HNO3.2V/c1-4-9(5-16-8(2)3,6-17-10(12)13)7-18-11(14)15;1-4-9(5-8(2)3,6-16-10(12)13)7-17-11(14)15;1-5(2)7-3-6(4-7,8(10)11)9(12)13;1-4-3-5(2)7-6-4;1-3-4(2)5;3*1-3-5-7-4(2)8-6-3;1-2-4-5-3-1;2*1-3-2;1-2-3;;;;;;;;;;;;;;;;;3*2-1(3)4;;/h8H,4-7H2,1-3H3;8H,4-7H2,1-3H3;5H,3-4H2,1-2H3;3H,1-2H3,(H,6,7);4H,3H2,1-2H3;1-2H3;2*1H2,2H3;1-3H,(H,4,5);2*1,3H2,2H3;1H3;9*1H4;;;5*1H;3*(H,2,3,4);;/q;;;;;;2*-1;;2*-1;;;;;;;;;;;;+2;;;;;;;;;+2;+3/p-5. The molecule has 2 radical (unpaired) electrons. The molecule has 0 saturated carbocycles. The molecular weight excluding hydrogens is 2570 g/mol. The van der Waals surface area contributed by atoms with Gasteiger partial charge in [-0.25, -0.2) is 0 Å². The number of aromatic amines is 2. The van der Waals surface area contributed by atoms with Gasteiger partial charge in [0.2, 0.25) is 0 Å². The zero-order valence-electron chi connectivity index (χ0n) is 68.3. The third kappa shape index (κ3) is 149. The van der Waals surface area contributed by atoms with Crippen molar-refractivity contribution >= 4 is 122 Å². The molecule has 1 unspecified atom stereocenters. The molecule has 6 rings (SSSR count). The van der Waals surface area contributed by atoms with Crippen molar-refractivity contribution < 1.29 is 134 Å². The fourth-order valence-corrected chi connectivity index (χ4v) is 5.87. The van der Waals surface area contributed by atoms with Gasteiger partial charge in [-0.15, -0.1) is 112 Å². The molecular formula is C65H140Cu2I6N27O26V2-2. The second-order valence-electron chi connectivity index (χ2n) is 22.2. The molecule has 128 heavy (non-hydrogen) atoms. The molecule has 1 atom stereocenters. The minimum Gasteiger partial charge on any atom is -0.286 e. The normalized spacial score (nSPS) is 9.67. The molecule has 5 N–H and O–H groups in total. The van der Waals surface area contributed by atoms with Crippen LogP contribution in [0.4, 0.5) is 0 Å². The van der Waals surface area contributed by atoms with Crippen LogP contribution in [0.1, 0.15) is 242 Å². The molecule has 1 saturated heterocycles. The largest absolute Gasteiger partial charge is 0.286 e. The number of H-pyrrole nitrogens is 2. The molecule has 767 valence electrons. The first-order chi connectivity index (χ1) is 54.0. The average Bonchev–Trinajstić information content (AvgIpc) is 0.764. The van der Waals surface area contributed by atoms with Crippen molar-refractivity contribution in [2.45, 2.75) is 259 Å². The molecule has 5 aromatic heterocycles. The van der Waals surface area contributed by atoms with Gasteiger partial charge in [0.15, 0.2) is 23.3 Å². The summed E-state index contributed by atoms with van der Waals surface area (Å²) in [5.41, 5.74) is -1.39. The van der Waals surface area contributed by atoms with Crippen LogP contribution in [-0.2, 0) is 72.6 Å². The van der Waals surface area contributed by atoms with Gasteiger partial charge in [-0.3, -0.25) is 35.3 Å². The number of nitrogens with zero attached hydrogens (tertiary/aromatic N) is 25. The van der Waals surface area contributed by atoms with Crippen molar-refractivity contribution in [1.82, 2.24) is 86.5 Å². The Bertz CT molecular complexity index is 3010. The summed E-state index contributed by atoms with van der Waals surface area (Å²) in [7, 11) is 0.628. The number of rotatable bonds is 23. The minimum absolute atomic E-state index is 0. The van der Waals surface area contributed by atoms with E-state index >= 15 is 0 Å². The third-order valence-electron chi connectivity index (χ3n) is 11.0. The molecule has 53 nitrogen and oxygen atoms in total. The first-order valence-corrected chi connectivity index (χ1v) is 56.4. The number of likely N-dealkylation sites (tertiary alicyclic amines) is 1. The van der Waals surface area contributed by atoms with Crippen molar-refractivity contribution in [3.8, 4) is 6.07 Å². The van der Waals surface area contributed by atoms with Crippen LogP contribution < -0.4 is 0 Å². The van der Waals surface area contributed by atoms with E-state index in [0.717, 1.165) is 28.2 Å². The van der Waals surface area contributed by atoms with Crippen LogP contribution in [0, 0.1) is 188 Å². The Kier molecular flexibility index (Phi) is 166. The fraction of sp³-hybridized carbons (Fsp3) is 0.738. The van der Waals surface area contributed by atoms with E-state index in [9.17, 15) is 60.7 Å². The molecule has 1 aliphatic rings. The molecule has 63 heteroatoms. The number of alkyl halides is 1. The van der Waals surface area contributed by atoms with E-state index < -0.39 is 61.9 Å². The molecule has 1 fully saturated rings. The molecule has 0 aromatic carbocycles. The van der Waals surface area contributed by atoms with Crippen LogP contribution in [0.2, 0.25) is 0 Å². The summed E-state index contributed by atoms with van der Waals surface area (Å²) in [5.74, 6) is 3.30. The van der Waals surface area contributed by atoms with Crippen LogP contribution >= 0.6 is 122 Å². The number of nitriles is 1. The van der Waals surface area contributed by atoms with E-state index in [-0.39, 0.29) is 170 Å². The van der Waals surface area contributed by atoms with Gasteiger partial charge < -0.3 is 67.4 Å². The summed E-state index contributed by atoms with van der Waals surface area (Å²) < 4.78 is 6.21. The van der Waals surface area contributed by atoms with Gasteiger partial charge in [0.1, 0.15) is 49.4 Å². The second-order valence-corrected chi connectivity index (χ2v) is 71.5. The van der Waals surface area contributed by atoms with Gasteiger partial charge in [-0.1, -0.05) is 145 Å². The monoisotopic (exact) mass is 2700 g/mol. The number of nitro groups is 2. The summed E-state index contributed by atoms with van der Waals surface area (Å²) in [5, 5.41) is 162. The van der Waals surface area contributed by atoms with E-state index in [1.807, 2.05) is 67.5 Å². The number of aromatic nitrogens is 16. The Labute approximate surface area is 856 Å². The number of halogens is 6. The number of hydrogen-bond donors (Lipinski definition) is 5. The van der Waals surface area contributed by atoms with Gasteiger partial charge in [0.25, 0.3) is 35.6 Å². The zero-order chi connectivity index (χ0) is 94.1. The fourth-order valence-electron chi connectivity index (χ4n) is 5.87. The maximum atomic E-state index is 10.5. The Hall–Kier alpha value is -5.82. The second kappa shape index (κ2) is 119.